The number of carbonyl (C=O) groups is 2. The number of nitrogens with zero attached hydrogens (tertiary/aromatic N) is 1. The summed E-state index contributed by atoms with van der Waals surface area (Å²) < 4.78 is 38.8. The predicted molar refractivity (Wildman–Crippen MR) is 146 cm³/mol. The second-order valence-corrected chi connectivity index (χ2v) is 11.1. The van der Waals surface area contributed by atoms with Crippen LogP contribution in [-0.2, 0) is 19.6 Å². The summed E-state index contributed by atoms with van der Waals surface area (Å²) in [5.41, 5.74) is 1.10. The fourth-order valence-corrected chi connectivity index (χ4v) is 6.18. The van der Waals surface area contributed by atoms with Crippen LogP contribution in [0.4, 0.5) is 17.1 Å². The highest BCUT2D eigenvalue weighted by Crippen LogP contribution is 2.47. The highest BCUT2D eigenvalue weighted by molar-refractivity contribution is 7.99. The van der Waals surface area contributed by atoms with Gasteiger partial charge in [0.05, 0.1) is 29.1 Å². The predicted octanol–water partition coefficient (Wildman–Crippen LogP) is 5.19. The first-order valence-corrected chi connectivity index (χ1v) is 13.9. The molecule has 198 valence electrons. The molecule has 0 unspecified atom stereocenters. The van der Waals surface area contributed by atoms with E-state index < -0.39 is 39.8 Å². The normalized spacial score (nSPS) is 12.2. The first kappa shape index (κ1) is 26.1. The second-order valence-electron chi connectivity index (χ2n) is 8.33. The van der Waals surface area contributed by atoms with Crippen LogP contribution in [0.2, 0.25) is 0 Å². The van der Waals surface area contributed by atoms with Gasteiger partial charge >= 0.3 is 5.97 Å². The standard InChI is InChI=1S/C28H22N2O7S2/c1-36-24-11-5-2-8-20(24)29-39(34,35)18-14-15-23(31)19(16-18)28(33)37-17-27(32)30-21-9-3-6-12-25(21)38-26-13-7-4-10-22(26)30/h2-16,29,31H,17H2,1H3. The molecule has 0 aliphatic carbocycles. The van der Waals surface area contributed by atoms with Gasteiger partial charge in [0, 0.05) is 9.79 Å². The van der Waals surface area contributed by atoms with Crippen LogP contribution in [0.25, 0.3) is 0 Å². The fourth-order valence-electron chi connectivity index (χ4n) is 4.02. The molecule has 2 N–H and O–H groups in total. The minimum Gasteiger partial charge on any atom is -0.507 e. The van der Waals surface area contributed by atoms with Gasteiger partial charge in [-0.05, 0) is 54.6 Å². The highest BCUT2D eigenvalue weighted by atomic mass is 32.2. The first-order valence-electron chi connectivity index (χ1n) is 11.6. The highest BCUT2D eigenvalue weighted by Gasteiger charge is 2.29. The SMILES string of the molecule is COc1ccccc1NS(=O)(=O)c1ccc(O)c(C(=O)OCC(=O)N2c3ccccc3Sc3ccccc32)c1. The van der Waals surface area contributed by atoms with Crippen LogP contribution in [0.5, 0.6) is 11.5 Å². The van der Waals surface area contributed by atoms with Crippen LogP contribution < -0.4 is 14.4 Å². The summed E-state index contributed by atoms with van der Waals surface area (Å²) in [7, 11) is -2.75. The molecule has 0 fully saturated rings. The quantitative estimate of drug-likeness (QED) is 0.295. The van der Waals surface area contributed by atoms with E-state index in [1.54, 1.807) is 30.3 Å². The van der Waals surface area contributed by atoms with Crippen LogP contribution in [0, 0.1) is 0 Å². The molecular formula is C28H22N2O7S2. The van der Waals surface area contributed by atoms with Crippen molar-refractivity contribution in [3.05, 3.63) is 96.6 Å². The van der Waals surface area contributed by atoms with Crippen LogP contribution >= 0.6 is 11.8 Å². The minimum absolute atomic E-state index is 0.197. The zero-order chi connectivity index (χ0) is 27.6. The summed E-state index contributed by atoms with van der Waals surface area (Å²) in [5, 5.41) is 10.3. The Balaban J connectivity index is 1.36. The van der Waals surface area contributed by atoms with Gasteiger partial charge in [-0.3, -0.25) is 14.4 Å². The molecule has 11 heteroatoms. The number of amides is 1. The maximum atomic E-state index is 13.3. The molecular weight excluding hydrogens is 540 g/mol. The van der Waals surface area contributed by atoms with Gasteiger partial charge in [-0.1, -0.05) is 48.2 Å². The van der Waals surface area contributed by atoms with Crippen LogP contribution in [-0.4, -0.2) is 39.1 Å². The number of phenols is 1. The molecule has 1 heterocycles. The van der Waals surface area contributed by atoms with Crippen molar-refractivity contribution >= 4 is 50.7 Å². The lowest BCUT2D eigenvalue weighted by atomic mass is 10.2. The van der Waals surface area contributed by atoms with E-state index in [0.717, 1.165) is 28.0 Å². The van der Waals surface area contributed by atoms with E-state index >= 15 is 0 Å². The minimum atomic E-state index is -4.16. The third kappa shape index (κ3) is 5.27. The number of ether oxygens (including phenoxy) is 2. The Hall–Kier alpha value is -4.48. The van der Waals surface area contributed by atoms with Gasteiger partial charge in [0.1, 0.15) is 17.1 Å². The Kier molecular flexibility index (Phi) is 7.18. The smallest absolute Gasteiger partial charge is 0.342 e. The molecule has 0 saturated carbocycles. The Morgan fingerprint density at radius 2 is 1.51 bits per heavy atom. The number of hydrogen-bond acceptors (Lipinski definition) is 8. The molecule has 5 rings (SSSR count). The van der Waals surface area contributed by atoms with E-state index in [9.17, 15) is 23.1 Å². The molecule has 1 aliphatic heterocycles. The lowest BCUT2D eigenvalue weighted by Crippen LogP contribution is -2.32. The van der Waals surface area contributed by atoms with Crippen LogP contribution in [0.1, 0.15) is 10.4 Å². The van der Waals surface area contributed by atoms with E-state index in [-0.39, 0.29) is 10.6 Å². The second kappa shape index (κ2) is 10.7. The van der Waals surface area contributed by atoms with Gasteiger partial charge in [0.25, 0.3) is 15.9 Å². The molecule has 0 atom stereocenters. The number of benzene rings is 4. The Bertz CT molecular complexity index is 1640. The molecule has 1 aliphatic rings. The van der Waals surface area contributed by atoms with Crippen molar-refractivity contribution in [3.63, 3.8) is 0 Å². The largest absolute Gasteiger partial charge is 0.507 e. The fraction of sp³-hybridized carbons (Fsp3) is 0.0714. The Labute approximate surface area is 229 Å². The van der Waals surface area contributed by atoms with Crippen molar-refractivity contribution < 1.29 is 32.6 Å². The number of aromatic hydroxyl groups is 1. The molecule has 39 heavy (non-hydrogen) atoms. The number of esters is 1. The molecule has 0 aromatic heterocycles. The Morgan fingerprint density at radius 1 is 0.897 bits per heavy atom. The number of anilines is 3. The molecule has 4 aromatic carbocycles. The molecule has 0 spiro atoms. The van der Waals surface area contributed by atoms with Gasteiger partial charge < -0.3 is 14.6 Å². The number of methoxy groups -OCH3 is 1. The van der Waals surface area contributed by atoms with Crippen molar-refractivity contribution in [3.8, 4) is 11.5 Å². The molecule has 0 bridgehead atoms. The zero-order valence-corrected chi connectivity index (χ0v) is 22.2. The lowest BCUT2D eigenvalue weighted by molar-refractivity contribution is -0.121. The van der Waals surface area contributed by atoms with Gasteiger partial charge in [0.15, 0.2) is 6.61 Å². The number of sulfonamides is 1. The summed E-state index contributed by atoms with van der Waals surface area (Å²) in [6, 6.07) is 24.4. The van der Waals surface area contributed by atoms with Gasteiger partial charge in [-0.25, -0.2) is 13.2 Å². The zero-order valence-electron chi connectivity index (χ0n) is 20.5. The summed E-state index contributed by atoms with van der Waals surface area (Å²) in [5.74, 6) is -1.75. The van der Waals surface area contributed by atoms with Crippen molar-refractivity contribution in [1.29, 1.82) is 0 Å². The summed E-state index contributed by atoms with van der Waals surface area (Å²) >= 11 is 1.53. The molecule has 1 amide bonds. The van der Waals surface area contributed by atoms with E-state index in [1.165, 1.54) is 29.8 Å². The molecule has 4 aromatic rings. The number of fused-ring (bicyclic) bond motifs is 2. The number of hydrogen-bond donors (Lipinski definition) is 2. The number of phenolic OH excluding ortho intramolecular Hbond substituents is 1. The monoisotopic (exact) mass is 562 g/mol. The maximum absolute atomic E-state index is 13.3. The number of rotatable bonds is 7. The molecule has 0 radical (unpaired) electrons. The van der Waals surface area contributed by atoms with Gasteiger partial charge in [-0.2, -0.15) is 0 Å². The van der Waals surface area contributed by atoms with Crippen LogP contribution in [0.15, 0.2) is 106 Å². The number of carbonyl (C=O) groups excluding carboxylic acids is 2. The third-order valence-electron chi connectivity index (χ3n) is 5.86. The molecule has 9 nitrogen and oxygen atoms in total. The molecule has 0 saturated heterocycles. The van der Waals surface area contributed by atoms with Gasteiger partial charge in [0.2, 0.25) is 0 Å². The maximum Gasteiger partial charge on any atom is 0.342 e. The number of para-hydroxylation sites is 4. The van der Waals surface area contributed by atoms with Crippen molar-refractivity contribution in [2.24, 2.45) is 0 Å². The van der Waals surface area contributed by atoms with Crippen molar-refractivity contribution in [2.45, 2.75) is 14.7 Å². The summed E-state index contributed by atoms with van der Waals surface area (Å²) in [4.78, 5) is 29.1. The van der Waals surface area contributed by atoms with Crippen molar-refractivity contribution in [2.75, 3.05) is 23.3 Å². The third-order valence-corrected chi connectivity index (χ3v) is 8.35. The number of nitrogens with one attached hydrogen (secondary N) is 1. The summed E-state index contributed by atoms with van der Waals surface area (Å²) in [6.07, 6.45) is 0. The average molecular weight is 563 g/mol. The first-order chi connectivity index (χ1) is 18.8. The van der Waals surface area contributed by atoms with E-state index in [0.29, 0.717) is 17.1 Å². The summed E-state index contributed by atoms with van der Waals surface area (Å²) in [6.45, 7) is -0.637. The topological polar surface area (TPSA) is 122 Å². The van der Waals surface area contributed by atoms with E-state index in [2.05, 4.69) is 4.72 Å². The average Bonchev–Trinajstić information content (AvgIpc) is 2.94. The van der Waals surface area contributed by atoms with Gasteiger partial charge in [-0.15, -0.1) is 0 Å². The van der Waals surface area contributed by atoms with Crippen LogP contribution in [0.3, 0.4) is 0 Å². The Morgan fingerprint density at radius 3 is 2.18 bits per heavy atom. The van der Waals surface area contributed by atoms with E-state index in [4.69, 9.17) is 9.47 Å². The van der Waals surface area contributed by atoms with E-state index in [1.807, 2.05) is 36.4 Å². The lowest BCUT2D eigenvalue weighted by Gasteiger charge is -2.30. The van der Waals surface area contributed by atoms with Crippen molar-refractivity contribution in [1.82, 2.24) is 0 Å².